The summed E-state index contributed by atoms with van der Waals surface area (Å²) < 4.78 is 0. The van der Waals surface area contributed by atoms with Crippen LogP contribution in [0.2, 0.25) is 0 Å². The molecule has 0 atom stereocenters. The Morgan fingerprint density at radius 1 is 1.35 bits per heavy atom. The van der Waals surface area contributed by atoms with Crippen LogP contribution in [0.15, 0.2) is 40.3 Å². The average molecular weight is 291 g/mol. The summed E-state index contributed by atoms with van der Waals surface area (Å²) in [6, 6.07) is 8.05. The van der Waals surface area contributed by atoms with Crippen molar-refractivity contribution >= 4 is 29.2 Å². The molecule has 0 fully saturated rings. The minimum Gasteiger partial charge on any atom is -0.370 e. The molecule has 0 saturated carbocycles. The SMILES string of the molecule is CCNc1cc(Sc2ccc([N+](=O)[O-])cc2)nc(N)n1. The quantitative estimate of drug-likeness (QED) is 0.495. The Kier molecular flexibility index (Phi) is 4.36. The Labute approximate surface area is 119 Å². The van der Waals surface area contributed by atoms with Gasteiger partial charge in [-0.15, -0.1) is 0 Å². The topological polar surface area (TPSA) is 107 Å². The van der Waals surface area contributed by atoms with Crippen molar-refractivity contribution in [2.24, 2.45) is 0 Å². The number of nitro benzene ring substituents is 1. The fourth-order valence-corrected chi connectivity index (χ4v) is 2.35. The van der Waals surface area contributed by atoms with Crippen LogP contribution in [-0.4, -0.2) is 21.4 Å². The maximum absolute atomic E-state index is 10.6. The third-order valence-corrected chi connectivity index (χ3v) is 3.27. The normalized spacial score (nSPS) is 10.2. The van der Waals surface area contributed by atoms with Crippen molar-refractivity contribution in [3.8, 4) is 0 Å². The van der Waals surface area contributed by atoms with Crippen molar-refractivity contribution in [2.45, 2.75) is 16.8 Å². The number of anilines is 2. The molecule has 2 aromatic rings. The lowest BCUT2D eigenvalue weighted by molar-refractivity contribution is -0.384. The van der Waals surface area contributed by atoms with Crippen molar-refractivity contribution in [1.29, 1.82) is 0 Å². The first-order chi connectivity index (χ1) is 9.58. The molecule has 0 amide bonds. The van der Waals surface area contributed by atoms with Crippen LogP contribution in [-0.2, 0) is 0 Å². The van der Waals surface area contributed by atoms with Crippen LogP contribution in [0.25, 0.3) is 0 Å². The number of rotatable bonds is 5. The van der Waals surface area contributed by atoms with Crippen LogP contribution in [0.5, 0.6) is 0 Å². The predicted octanol–water partition coefficient (Wildman–Crippen LogP) is 2.55. The molecular formula is C12H13N5O2S. The van der Waals surface area contributed by atoms with E-state index in [0.717, 1.165) is 11.4 Å². The van der Waals surface area contributed by atoms with Crippen LogP contribution in [0.1, 0.15) is 6.92 Å². The monoisotopic (exact) mass is 291 g/mol. The number of nitrogens with one attached hydrogen (secondary N) is 1. The zero-order valence-corrected chi connectivity index (χ0v) is 11.6. The molecule has 0 aliphatic carbocycles. The van der Waals surface area contributed by atoms with Gasteiger partial charge in [0.2, 0.25) is 5.95 Å². The van der Waals surface area contributed by atoms with Gasteiger partial charge in [-0.1, -0.05) is 11.8 Å². The molecule has 0 aliphatic rings. The summed E-state index contributed by atoms with van der Waals surface area (Å²) in [7, 11) is 0. The van der Waals surface area contributed by atoms with Gasteiger partial charge in [-0.25, -0.2) is 4.98 Å². The molecule has 1 aromatic carbocycles. The van der Waals surface area contributed by atoms with E-state index in [4.69, 9.17) is 5.73 Å². The summed E-state index contributed by atoms with van der Waals surface area (Å²) in [5.41, 5.74) is 5.70. The molecule has 0 aliphatic heterocycles. The van der Waals surface area contributed by atoms with Crippen molar-refractivity contribution in [3.63, 3.8) is 0 Å². The number of nitrogens with zero attached hydrogens (tertiary/aromatic N) is 3. The first kappa shape index (κ1) is 14.1. The van der Waals surface area contributed by atoms with Gasteiger partial charge in [0.15, 0.2) is 0 Å². The summed E-state index contributed by atoms with van der Waals surface area (Å²) in [5.74, 6) is 0.845. The lowest BCUT2D eigenvalue weighted by atomic mass is 10.3. The molecule has 1 aromatic heterocycles. The van der Waals surface area contributed by atoms with Crippen LogP contribution in [0.4, 0.5) is 17.5 Å². The molecule has 3 N–H and O–H groups in total. The highest BCUT2D eigenvalue weighted by Gasteiger charge is 2.07. The second kappa shape index (κ2) is 6.20. The van der Waals surface area contributed by atoms with Gasteiger partial charge in [-0.3, -0.25) is 10.1 Å². The highest BCUT2D eigenvalue weighted by Crippen LogP contribution is 2.29. The van der Waals surface area contributed by atoms with Gasteiger partial charge in [0.05, 0.1) is 4.92 Å². The largest absolute Gasteiger partial charge is 0.370 e. The Balaban J connectivity index is 2.18. The van der Waals surface area contributed by atoms with Gasteiger partial charge in [-0.2, -0.15) is 4.98 Å². The number of non-ortho nitro benzene ring substituents is 1. The fraction of sp³-hybridized carbons (Fsp3) is 0.167. The molecule has 8 heteroatoms. The number of hydrogen-bond donors (Lipinski definition) is 2. The van der Waals surface area contributed by atoms with Gasteiger partial charge in [0.25, 0.3) is 5.69 Å². The average Bonchev–Trinajstić information content (AvgIpc) is 2.39. The summed E-state index contributed by atoms with van der Waals surface area (Å²) in [6.45, 7) is 2.69. The van der Waals surface area contributed by atoms with Gasteiger partial charge in [-0.05, 0) is 19.1 Å². The number of nitrogens with two attached hydrogens (primary N) is 1. The molecule has 0 saturated heterocycles. The number of aromatic nitrogens is 2. The summed E-state index contributed by atoms with van der Waals surface area (Å²) in [4.78, 5) is 19.2. The standard InChI is InChI=1S/C12H13N5O2S/c1-2-14-10-7-11(16-12(13)15-10)20-9-5-3-8(4-6-9)17(18)19/h3-7H,2H2,1H3,(H3,13,14,15,16). The molecule has 2 rings (SSSR count). The summed E-state index contributed by atoms with van der Waals surface area (Å²) in [5, 5.41) is 14.3. The molecule has 7 nitrogen and oxygen atoms in total. The molecule has 104 valence electrons. The van der Waals surface area contributed by atoms with E-state index in [9.17, 15) is 10.1 Å². The summed E-state index contributed by atoms with van der Waals surface area (Å²) in [6.07, 6.45) is 0. The number of benzene rings is 1. The first-order valence-electron chi connectivity index (χ1n) is 5.89. The smallest absolute Gasteiger partial charge is 0.269 e. The van der Waals surface area contributed by atoms with E-state index in [1.165, 1.54) is 23.9 Å². The fourth-order valence-electron chi connectivity index (χ4n) is 1.52. The number of nitrogen functional groups attached to an aromatic ring is 1. The van der Waals surface area contributed by atoms with Crippen molar-refractivity contribution < 1.29 is 4.92 Å². The highest BCUT2D eigenvalue weighted by atomic mass is 32.2. The van der Waals surface area contributed by atoms with E-state index in [-0.39, 0.29) is 11.6 Å². The van der Waals surface area contributed by atoms with Gasteiger partial charge in [0.1, 0.15) is 10.8 Å². The molecule has 0 radical (unpaired) electrons. The van der Waals surface area contributed by atoms with E-state index in [1.54, 1.807) is 18.2 Å². The molecule has 0 spiro atoms. The van der Waals surface area contributed by atoms with Crippen LogP contribution in [0, 0.1) is 10.1 Å². The van der Waals surface area contributed by atoms with E-state index >= 15 is 0 Å². The Morgan fingerprint density at radius 2 is 2.05 bits per heavy atom. The maximum Gasteiger partial charge on any atom is 0.269 e. The molecular weight excluding hydrogens is 278 g/mol. The zero-order chi connectivity index (χ0) is 14.5. The van der Waals surface area contributed by atoms with E-state index in [2.05, 4.69) is 15.3 Å². The Bertz CT molecular complexity index is 618. The zero-order valence-electron chi connectivity index (χ0n) is 10.7. The maximum atomic E-state index is 10.6. The second-order valence-corrected chi connectivity index (χ2v) is 4.93. The molecule has 20 heavy (non-hydrogen) atoms. The third-order valence-electron chi connectivity index (χ3n) is 2.35. The minimum atomic E-state index is -0.430. The van der Waals surface area contributed by atoms with Crippen LogP contribution < -0.4 is 11.1 Å². The van der Waals surface area contributed by atoms with Gasteiger partial charge >= 0.3 is 0 Å². The summed E-state index contributed by atoms with van der Waals surface area (Å²) >= 11 is 1.37. The second-order valence-electron chi connectivity index (χ2n) is 3.83. The molecule has 0 bridgehead atoms. The van der Waals surface area contributed by atoms with E-state index in [0.29, 0.717) is 10.8 Å². The Hall–Kier alpha value is -2.35. The number of hydrogen-bond acceptors (Lipinski definition) is 7. The number of nitro groups is 1. The Morgan fingerprint density at radius 3 is 2.65 bits per heavy atom. The van der Waals surface area contributed by atoms with Gasteiger partial charge in [0, 0.05) is 29.6 Å². The minimum absolute atomic E-state index is 0.0601. The highest BCUT2D eigenvalue weighted by molar-refractivity contribution is 7.99. The van der Waals surface area contributed by atoms with Crippen LogP contribution >= 0.6 is 11.8 Å². The molecule has 1 heterocycles. The first-order valence-corrected chi connectivity index (χ1v) is 6.71. The van der Waals surface area contributed by atoms with E-state index in [1.807, 2.05) is 6.92 Å². The third kappa shape index (κ3) is 3.58. The van der Waals surface area contributed by atoms with Gasteiger partial charge < -0.3 is 11.1 Å². The van der Waals surface area contributed by atoms with Crippen molar-refractivity contribution in [2.75, 3.05) is 17.6 Å². The van der Waals surface area contributed by atoms with E-state index < -0.39 is 4.92 Å². The molecule has 0 unspecified atom stereocenters. The predicted molar refractivity (Wildman–Crippen MR) is 77.8 cm³/mol. The van der Waals surface area contributed by atoms with Crippen molar-refractivity contribution in [3.05, 3.63) is 40.4 Å². The van der Waals surface area contributed by atoms with Crippen LogP contribution in [0.3, 0.4) is 0 Å². The lowest BCUT2D eigenvalue weighted by Crippen LogP contribution is -2.03. The lowest BCUT2D eigenvalue weighted by Gasteiger charge is -2.06. The van der Waals surface area contributed by atoms with Crippen molar-refractivity contribution in [1.82, 2.24) is 9.97 Å².